The molecular weight excluding hydrogens is 248 g/mol. The Hall–Kier alpha value is -2.16. The molecule has 0 bridgehead atoms. The predicted molar refractivity (Wildman–Crippen MR) is 84.1 cm³/mol. The van der Waals surface area contributed by atoms with Gasteiger partial charge in [0.1, 0.15) is 5.75 Å². The summed E-state index contributed by atoms with van der Waals surface area (Å²) in [6, 6.07) is 5.63. The van der Waals surface area contributed by atoms with Crippen LogP contribution in [-0.2, 0) is 6.54 Å². The Labute approximate surface area is 120 Å². The van der Waals surface area contributed by atoms with Gasteiger partial charge < -0.3 is 15.3 Å². The lowest BCUT2D eigenvalue weighted by Crippen LogP contribution is -2.35. The fourth-order valence-corrected chi connectivity index (χ4v) is 2.68. The lowest BCUT2D eigenvalue weighted by atomic mass is 10.1. The zero-order valence-electron chi connectivity index (χ0n) is 12.0. The van der Waals surface area contributed by atoms with Crippen LogP contribution >= 0.6 is 0 Å². The van der Waals surface area contributed by atoms with E-state index in [9.17, 15) is 5.11 Å². The highest BCUT2D eigenvalue weighted by Gasteiger charge is 2.29. The number of phenols is 1. The molecule has 0 aliphatic carbocycles. The van der Waals surface area contributed by atoms with Gasteiger partial charge in [0.2, 0.25) is 0 Å². The van der Waals surface area contributed by atoms with Crippen molar-refractivity contribution in [2.45, 2.75) is 25.4 Å². The van der Waals surface area contributed by atoms with Gasteiger partial charge >= 0.3 is 0 Å². The summed E-state index contributed by atoms with van der Waals surface area (Å²) in [5.74, 6) is 0.300. The third-order valence-electron chi connectivity index (χ3n) is 3.83. The Balaban J connectivity index is 2.26. The van der Waals surface area contributed by atoms with E-state index in [4.69, 9.17) is 0 Å². The second-order valence-corrected chi connectivity index (χ2v) is 5.07. The topological polar surface area (TPSA) is 35.5 Å². The lowest BCUT2D eigenvalue weighted by molar-refractivity contribution is 0.312. The molecule has 2 rings (SSSR count). The summed E-state index contributed by atoms with van der Waals surface area (Å²) < 4.78 is 0. The van der Waals surface area contributed by atoms with Gasteiger partial charge in [-0.3, -0.25) is 0 Å². The Bertz CT molecular complexity index is 548. The molecule has 0 spiro atoms. The van der Waals surface area contributed by atoms with E-state index < -0.39 is 0 Å². The Morgan fingerprint density at radius 1 is 1.55 bits per heavy atom. The van der Waals surface area contributed by atoms with E-state index in [1.54, 1.807) is 6.07 Å². The SMILES string of the molecule is C=CCCC(C(=C)NC)N1Cc2cc(O)ccc2C1=C. The first kappa shape index (κ1) is 14.3. The van der Waals surface area contributed by atoms with Gasteiger partial charge in [-0.25, -0.2) is 0 Å². The van der Waals surface area contributed by atoms with Crippen LogP contribution in [-0.4, -0.2) is 23.1 Å². The largest absolute Gasteiger partial charge is 0.508 e. The summed E-state index contributed by atoms with van der Waals surface area (Å²) in [4.78, 5) is 2.24. The molecule has 0 saturated heterocycles. The molecule has 3 nitrogen and oxygen atoms in total. The average Bonchev–Trinajstić information content (AvgIpc) is 2.75. The van der Waals surface area contributed by atoms with Gasteiger partial charge in [-0.1, -0.05) is 19.2 Å². The van der Waals surface area contributed by atoms with Gasteiger partial charge in [-0.2, -0.15) is 0 Å². The summed E-state index contributed by atoms with van der Waals surface area (Å²) >= 11 is 0. The molecule has 20 heavy (non-hydrogen) atoms. The third-order valence-corrected chi connectivity index (χ3v) is 3.83. The number of nitrogens with zero attached hydrogens (tertiary/aromatic N) is 1. The number of hydrogen-bond acceptors (Lipinski definition) is 3. The lowest BCUT2D eigenvalue weighted by Gasteiger charge is -2.32. The van der Waals surface area contributed by atoms with Gasteiger partial charge in [-0.15, -0.1) is 6.58 Å². The fraction of sp³-hybridized carbons (Fsp3) is 0.294. The van der Waals surface area contributed by atoms with Crippen molar-refractivity contribution in [3.05, 3.63) is 60.8 Å². The average molecular weight is 270 g/mol. The normalized spacial score (nSPS) is 14.8. The Morgan fingerprint density at radius 2 is 2.30 bits per heavy atom. The molecule has 1 aromatic rings. The Kier molecular flexibility index (Phi) is 4.18. The van der Waals surface area contributed by atoms with Gasteiger partial charge in [0.15, 0.2) is 0 Å². The van der Waals surface area contributed by atoms with E-state index in [1.165, 1.54) is 0 Å². The maximum absolute atomic E-state index is 9.61. The van der Waals surface area contributed by atoms with Crippen molar-refractivity contribution in [1.82, 2.24) is 10.2 Å². The number of fused-ring (bicyclic) bond motifs is 1. The molecule has 3 heteroatoms. The minimum absolute atomic E-state index is 0.181. The number of aromatic hydroxyl groups is 1. The number of allylic oxidation sites excluding steroid dienone is 1. The third kappa shape index (κ3) is 2.57. The first-order chi connectivity index (χ1) is 9.58. The number of rotatable bonds is 6. The number of phenolic OH excluding ortho intramolecular Hbond substituents is 1. The molecule has 1 unspecified atom stereocenters. The number of nitrogens with one attached hydrogen (secondary N) is 1. The quantitative estimate of drug-likeness (QED) is 0.779. The first-order valence-corrected chi connectivity index (χ1v) is 6.83. The van der Waals surface area contributed by atoms with Crippen LogP contribution in [0.15, 0.2) is 49.7 Å². The van der Waals surface area contributed by atoms with Gasteiger partial charge in [0.05, 0.1) is 6.04 Å². The maximum atomic E-state index is 9.61. The maximum Gasteiger partial charge on any atom is 0.115 e. The summed E-state index contributed by atoms with van der Waals surface area (Å²) in [5, 5.41) is 12.8. The minimum Gasteiger partial charge on any atom is -0.508 e. The molecule has 0 fully saturated rings. The number of benzene rings is 1. The Morgan fingerprint density at radius 3 is 2.95 bits per heavy atom. The predicted octanol–water partition coefficient (Wildman–Crippen LogP) is 3.25. The molecular formula is C17H22N2O. The number of hydrogen-bond donors (Lipinski definition) is 2. The van der Waals surface area contributed by atoms with Crippen LogP contribution < -0.4 is 5.32 Å². The van der Waals surface area contributed by atoms with E-state index >= 15 is 0 Å². The van der Waals surface area contributed by atoms with Crippen molar-refractivity contribution >= 4 is 5.70 Å². The molecule has 0 aromatic heterocycles. The highest BCUT2D eigenvalue weighted by molar-refractivity contribution is 5.70. The molecule has 2 N–H and O–H groups in total. The summed E-state index contributed by atoms with van der Waals surface area (Å²) in [5.41, 5.74) is 4.19. The van der Waals surface area contributed by atoms with Crippen molar-refractivity contribution < 1.29 is 5.11 Å². The molecule has 1 aromatic carbocycles. The molecule has 0 amide bonds. The van der Waals surface area contributed by atoms with E-state index in [0.717, 1.165) is 41.9 Å². The molecule has 0 saturated carbocycles. The molecule has 1 aliphatic heterocycles. The van der Waals surface area contributed by atoms with E-state index in [1.807, 2.05) is 25.3 Å². The summed E-state index contributed by atoms with van der Waals surface area (Å²) in [7, 11) is 1.89. The van der Waals surface area contributed by atoms with Crippen LogP contribution in [0.5, 0.6) is 5.75 Å². The zero-order valence-corrected chi connectivity index (χ0v) is 12.0. The smallest absolute Gasteiger partial charge is 0.115 e. The van der Waals surface area contributed by atoms with Crippen molar-refractivity contribution in [2.75, 3.05) is 7.05 Å². The van der Waals surface area contributed by atoms with Crippen LogP contribution in [0.25, 0.3) is 5.70 Å². The second-order valence-electron chi connectivity index (χ2n) is 5.07. The molecule has 1 aliphatic rings. The van der Waals surface area contributed by atoms with Crippen LogP contribution in [0.2, 0.25) is 0 Å². The van der Waals surface area contributed by atoms with Crippen LogP contribution in [0.3, 0.4) is 0 Å². The second kappa shape index (κ2) is 5.87. The van der Waals surface area contributed by atoms with Crippen molar-refractivity contribution in [2.24, 2.45) is 0 Å². The van der Waals surface area contributed by atoms with Gasteiger partial charge in [0, 0.05) is 30.5 Å². The van der Waals surface area contributed by atoms with Crippen LogP contribution in [0, 0.1) is 0 Å². The van der Waals surface area contributed by atoms with Crippen LogP contribution in [0.4, 0.5) is 0 Å². The van der Waals surface area contributed by atoms with Crippen molar-refractivity contribution in [3.8, 4) is 5.75 Å². The van der Waals surface area contributed by atoms with Crippen molar-refractivity contribution in [3.63, 3.8) is 0 Å². The van der Waals surface area contributed by atoms with Gasteiger partial charge in [0.25, 0.3) is 0 Å². The molecule has 106 valence electrons. The monoisotopic (exact) mass is 270 g/mol. The highest BCUT2D eigenvalue weighted by Crippen LogP contribution is 2.36. The minimum atomic E-state index is 0.181. The zero-order chi connectivity index (χ0) is 14.7. The number of likely N-dealkylation sites (N-methyl/N-ethyl adjacent to an activating group) is 1. The first-order valence-electron chi connectivity index (χ1n) is 6.83. The molecule has 1 atom stereocenters. The van der Waals surface area contributed by atoms with Crippen LogP contribution in [0.1, 0.15) is 24.0 Å². The summed E-state index contributed by atoms with van der Waals surface area (Å²) in [6.07, 6.45) is 3.80. The highest BCUT2D eigenvalue weighted by atomic mass is 16.3. The molecule has 0 radical (unpaired) electrons. The van der Waals surface area contributed by atoms with Crippen molar-refractivity contribution in [1.29, 1.82) is 0 Å². The molecule has 1 heterocycles. The summed E-state index contributed by atoms with van der Waals surface area (Å²) in [6.45, 7) is 12.9. The van der Waals surface area contributed by atoms with Gasteiger partial charge in [-0.05, 0) is 36.6 Å². The van der Waals surface area contributed by atoms with E-state index in [-0.39, 0.29) is 6.04 Å². The standard InChI is InChI=1S/C17H22N2O/c1-5-6-7-17(12(2)18-4)19-11-14-10-15(20)8-9-16(14)13(19)3/h5,8-10,17-18,20H,1-3,6-7,11H2,4H3. The van der Waals surface area contributed by atoms with E-state index in [2.05, 4.69) is 30.0 Å². The fourth-order valence-electron chi connectivity index (χ4n) is 2.68. The van der Waals surface area contributed by atoms with E-state index in [0.29, 0.717) is 5.75 Å².